The zero-order valence-electron chi connectivity index (χ0n) is 36.3. The maximum absolute atomic E-state index is 15.4. The van der Waals surface area contributed by atoms with Crippen LogP contribution in [0.2, 0.25) is 0 Å². The molecule has 15 nitrogen and oxygen atoms in total. The Balaban J connectivity index is 0.813. The van der Waals surface area contributed by atoms with Gasteiger partial charge in [0.2, 0.25) is 29.6 Å². The number of nitrogens with one attached hydrogen (secondary N) is 2. The molecule has 0 radical (unpaired) electrons. The molecule has 2 N–H and O–H groups in total. The maximum atomic E-state index is 15.4. The van der Waals surface area contributed by atoms with Gasteiger partial charge in [-0.2, -0.15) is 10.1 Å². The molecule has 4 bridgehead atoms. The van der Waals surface area contributed by atoms with Crippen molar-refractivity contribution in [3.05, 3.63) is 82.7 Å². The second-order valence-corrected chi connectivity index (χ2v) is 18.4. The van der Waals surface area contributed by atoms with Gasteiger partial charge < -0.3 is 24.8 Å². The zero-order chi connectivity index (χ0) is 44.4. The van der Waals surface area contributed by atoms with Gasteiger partial charge in [0.1, 0.15) is 11.6 Å². The fraction of sp³-hybridized carbons (Fsp3) is 0.468. The monoisotopic (exact) mass is 874 g/mol. The molecule has 4 amide bonds. The molecule has 64 heavy (non-hydrogen) atoms. The van der Waals surface area contributed by atoms with Crippen LogP contribution >= 0.6 is 0 Å². The third-order valence-electron chi connectivity index (χ3n) is 13.8. The summed E-state index contributed by atoms with van der Waals surface area (Å²) in [4.78, 5) is 69.9. The fourth-order valence-electron chi connectivity index (χ4n) is 10.6. The van der Waals surface area contributed by atoms with E-state index in [1.807, 2.05) is 18.9 Å². The van der Waals surface area contributed by atoms with Crippen molar-refractivity contribution >= 4 is 46.7 Å². The predicted molar refractivity (Wildman–Crippen MR) is 235 cm³/mol. The molecule has 2 aromatic carbocycles. The first-order chi connectivity index (χ1) is 30.9. The number of guanidine groups is 1. The fourth-order valence-corrected chi connectivity index (χ4v) is 10.6. The standard InChI is InChI=1S/C47H52F2N10O5/c1-26-5-4-14-64-46-35(20-50-55(46)3)39-17-30(15-27(2)51-39)43(61)54-47-52-38-10-6-28(16-40(38)58(47)21-26)22-56-24-31-7-8-32(25-56)59(31)45(63)29-12-13-57(23-29)33-18-36(48)42(37(49)19-33)34-9-11-41(60)53-44(34)62/h6,10,15-20,26,29,31-32,34H,4-5,7-9,11-14,21-25H2,1-3H3,(H,52,54,61)(H,53,60,62)/t26-,29-,31?,32?,34-/m1/s1. The summed E-state index contributed by atoms with van der Waals surface area (Å²) in [7, 11) is 1.83. The quantitative estimate of drug-likeness (QED) is 0.243. The number of anilines is 3. The van der Waals surface area contributed by atoms with Crippen LogP contribution < -0.4 is 25.2 Å². The van der Waals surface area contributed by atoms with Gasteiger partial charge in [0, 0.05) is 87.3 Å². The number of rotatable bonds is 5. The number of imide groups is 1. The average Bonchev–Trinajstić information content (AvgIpc) is 4.03. The molecular weight excluding hydrogens is 823 g/mol. The van der Waals surface area contributed by atoms with Gasteiger partial charge in [-0.1, -0.05) is 13.0 Å². The number of halogens is 2. The maximum Gasteiger partial charge on any atom is 0.280 e. The molecule has 8 heterocycles. The van der Waals surface area contributed by atoms with Crippen LogP contribution in [0.5, 0.6) is 5.88 Å². The predicted octanol–water partition coefficient (Wildman–Crippen LogP) is 5.53. The number of fused-ring (bicyclic) bond motifs is 9. The summed E-state index contributed by atoms with van der Waals surface area (Å²) in [5, 5.41) is 10.0. The highest BCUT2D eigenvalue weighted by atomic mass is 19.1. The number of aliphatic imine (C=N–C) groups is 1. The molecule has 6 aliphatic rings. The number of hydrogen-bond acceptors (Lipinski definition) is 11. The normalized spacial score (nSPS) is 25.6. The number of amides is 4. The van der Waals surface area contributed by atoms with E-state index in [1.54, 1.807) is 23.0 Å². The van der Waals surface area contributed by atoms with Crippen molar-refractivity contribution in [2.45, 2.75) is 83.3 Å². The third-order valence-corrected chi connectivity index (χ3v) is 13.8. The summed E-state index contributed by atoms with van der Waals surface area (Å²) in [6, 6.07) is 12.5. The Morgan fingerprint density at radius 2 is 1.70 bits per heavy atom. The minimum absolute atomic E-state index is 0.0232. The number of carbonyl (C=O) groups is 4. The summed E-state index contributed by atoms with van der Waals surface area (Å²) < 4.78 is 38.7. The molecule has 2 aromatic heterocycles. The Labute approximate surface area is 369 Å². The van der Waals surface area contributed by atoms with Crippen LogP contribution in [0.4, 0.5) is 25.8 Å². The van der Waals surface area contributed by atoms with Gasteiger partial charge in [0.05, 0.1) is 47.3 Å². The zero-order valence-corrected chi connectivity index (χ0v) is 36.3. The lowest BCUT2D eigenvalue weighted by molar-refractivity contribution is -0.141. The van der Waals surface area contributed by atoms with Crippen molar-refractivity contribution < 1.29 is 32.7 Å². The van der Waals surface area contributed by atoms with Crippen LogP contribution in [0, 0.1) is 30.4 Å². The molecule has 4 fully saturated rings. The lowest BCUT2D eigenvalue weighted by Gasteiger charge is -2.42. The summed E-state index contributed by atoms with van der Waals surface area (Å²) in [5.74, 6) is -3.07. The van der Waals surface area contributed by atoms with E-state index >= 15 is 8.78 Å². The van der Waals surface area contributed by atoms with Crippen molar-refractivity contribution in [2.75, 3.05) is 54.4 Å². The van der Waals surface area contributed by atoms with Crippen molar-refractivity contribution in [1.82, 2.24) is 29.9 Å². The Morgan fingerprint density at radius 1 is 0.922 bits per heavy atom. The number of aromatic nitrogens is 3. The highest BCUT2D eigenvalue weighted by Crippen LogP contribution is 2.39. The number of carbonyl (C=O) groups excluding carboxylic acids is 4. The van der Waals surface area contributed by atoms with Crippen molar-refractivity contribution in [1.29, 1.82) is 0 Å². The van der Waals surface area contributed by atoms with E-state index in [9.17, 15) is 19.2 Å². The molecule has 17 heteroatoms. The van der Waals surface area contributed by atoms with Crippen molar-refractivity contribution in [3.63, 3.8) is 0 Å². The minimum atomic E-state index is -1.06. The molecule has 5 atom stereocenters. The van der Waals surface area contributed by atoms with Gasteiger partial charge in [-0.3, -0.25) is 34.4 Å². The topological polar surface area (TPSA) is 158 Å². The Kier molecular flexibility index (Phi) is 10.9. The Hall–Kier alpha value is -6.23. The van der Waals surface area contributed by atoms with Gasteiger partial charge in [-0.15, -0.1) is 0 Å². The van der Waals surface area contributed by atoms with E-state index < -0.39 is 29.4 Å². The summed E-state index contributed by atoms with van der Waals surface area (Å²) in [6.45, 7) is 8.24. The SMILES string of the molecule is Cc1cc2cc(n1)-c1cnn(C)c1OCCC[C@@H](C)CN1/C(=N/C2=O)Nc2ccc(CN3CC4CCC(C3)N4C(=O)[C@@H]3CCN(c4cc(F)c([C@H]5CCC(=O)NC5=O)c(F)c4)C3)cc21. The highest BCUT2D eigenvalue weighted by Gasteiger charge is 2.46. The number of pyridine rings is 1. The number of ether oxygens (including phenoxy) is 1. The van der Waals surface area contributed by atoms with Crippen LogP contribution in [0.1, 0.15) is 85.0 Å². The summed E-state index contributed by atoms with van der Waals surface area (Å²) in [5.41, 5.74) is 5.43. The molecule has 0 saturated carbocycles. The van der Waals surface area contributed by atoms with E-state index in [4.69, 9.17) is 9.72 Å². The Morgan fingerprint density at radius 3 is 2.47 bits per heavy atom. The smallest absolute Gasteiger partial charge is 0.280 e. The molecule has 4 aromatic rings. The first-order valence-electron chi connectivity index (χ1n) is 22.4. The van der Waals surface area contributed by atoms with Crippen LogP contribution in [-0.4, -0.2) is 106 Å². The first-order valence-corrected chi connectivity index (χ1v) is 22.4. The number of nitrogens with zero attached hydrogens (tertiary/aromatic N) is 8. The molecule has 0 spiro atoms. The summed E-state index contributed by atoms with van der Waals surface area (Å²) >= 11 is 0. The van der Waals surface area contributed by atoms with E-state index in [0.717, 1.165) is 61.3 Å². The molecule has 4 saturated heterocycles. The van der Waals surface area contributed by atoms with Crippen LogP contribution in [0.3, 0.4) is 0 Å². The molecule has 6 aliphatic heterocycles. The van der Waals surface area contributed by atoms with Crippen LogP contribution in [-0.2, 0) is 28.0 Å². The molecule has 334 valence electrons. The number of benzene rings is 2. The first kappa shape index (κ1) is 41.8. The number of aryl methyl sites for hydroxylation is 2. The van der Waals surface area contributed by atoms with Crippen LogP contribution in [0.25, 0.3) is 11.3 Å². The molecule has 2 unspecified atom stereocenters. The van der Waals surface area contributed by atoms with Gasteiger partial charge in [-0.05, 0) is 93.3 Å². The van der Waals surface area contributed by atoms with E-state index in [-0.39, 0.29) is 54.1 Å². The van der Waals surface area contributed by atoms with E-state index in [0.29, 0.717) is 73.7 Å². The van der Waals surface area contributed by atoms with Crippen LogP contribution in [0.15, 0.2) is 53.7 Å². The number of hydrogen-bond donors (Lipinski definition) is 2. The number of piperazine rings is 1. The lowest BCUT2D eigenvalue weighted by atomic mass is 9.89. The van der Waals surface area contributed by atoms with Gasteiger partial charge in [0.25, 0.3) is 5.91 Å². The minimum Gasteiger partial charge on any atom is -0.477 e. The summed E-state index contributed by atoms with van der Waals surface area (Å²) in [6.07, 6.45) is 5.93. The van der Waals surface area contributed by atoms with Crippen molar-refractivity contribution in [3.8, 4) is 17.1 Å². The van der Waals surface area contributed by atoms with E-state index in [2.05, 4.69) is 60.5 Å². The third kappa shape index (κ3) is 7.87. The number of piperidine rings is 1. The lowest BCUT2D eigenvalue weighted by Crippen LogP contribution is -2.57. The van der Waals surface area contributed by atoms with Gasteiger partial charge in [-0.25, -0.2) is 13.5 Å². The Bertz CT molecular complexity index is 2560. The number of likely N-dealkylation sites (tertiary alicyclic amines) is 1. The largest absolute Gasteiger partial charge is 0.477 e. The highest BCUT2D eigenvalue weighted by molar-refractivity contribution is 6.19. The molecule has 0 aliphatic carbocycles. The molecule has 10 rings (SSSR count). The van der Waals surface area contributed by atoms with Crippen molar-refractivity contribution in [2.24, 2.45) is 23.9 Å². The van der Waals surface area contributed by atoms with E-state index in [1.165, 1.54) is 12.1 Å². The average molecular weight is 875 g/mol. The molecular formula is C47H52F2N10O5. The second kappa shape index (κ2) is 16.7. The van der Waals surface area contributed by atoms with Gasteiger partial charge >= 0.3 is 0 Å². The van der Waals surface area contributed by atoms with Gasteiger partial charge in [0.15, 0.2) is 0 Å². The second-order valence-electron chi connectivity index (χ2n) is 18.4.